The Morgan fingerprint density at radius 2 is 2.00 bits per heavy atom. The third kappa shape index (κ3) is 5.71. The van der Waals surface area contributed by atoms with Crippen LogP contribution in [0.4, 0.5) is 0 Å². The van der Waals surface area contributed by atoms with Crippen molar-refractivity contribution in [3.8, 4) is 11.5 Å². The fourth-order valence-electron chi connectivity index (χ4n) is 2.84. The van der Waals surface area contributed by atoms with Gasteiger partial charge in [-0.25, -0.2) is 0 Å². The van der Waals surface area contributed by atoms with Crippen molar-refractivity contribution >= 4 is 21.9 Å². The van der Waals surface area contributed by atoms with E-state index in [1.165, 1.54) is 5.56 Å². The van der Waals surface area contributed by atoms with Crippen LogP contribution in [0.5, 0.6) is 11.5 Å². The quantitative estimate of drug-likeness (QED) is 0.604. The molecule has 2 N–H and O–H groups in total. The summed E-state index contributed by atoms with van der Waals surface area (Å²) in [7, 11) is 1.59. The minimum Gasteiger partial charge on any atom is -0.493 e. The van der Waals surface area contributed by atoms with E-state index in [1.807, 2.05) is 51.1 Å². The van der Waals surface area contributed by atoms with Crippen LogP contribution in [0.3, 0.4) is 0 Å². The fraction of sp³-hybridized carbons (Fsp3) is 0.381. The Morgan fingerprint density at radius 3 is 2.59 bits per heavy atom. The molecule has 0 radical (unpaired) electrons. The maximum absolute atomic E-state index is 11.5. The minimum absolute atomic E-state index is 0.0384. The molecule has 0 aliphatic heterocycles. The summed E-state index contributed by atoms with van der Waals surface area (Å²) in [5, 5.41) is 12.5. The number of methoxy groups -OCH3 is 1. The molecule has 2 aromatic carbocycles. The fourth-order valence-corrected chi connectivity index (χ4v) is 3.30. The summed E-state index contributed by atoms with van der Waals surface area (Å²) in [6.07, 6.45) is 0. The van der Waals surface area contributed by atoms with Gasteiger partial charge in [0.05, 0.1) is 7.11 Å². The molecule has 0 aromatic heterocycles. The molecule has 0 aliphatic rings. The van der Waals surface area contributed by atoms with Crippen molar-refractivity contribution in [2.24, 2.45) is 5.92 Å². The molecule has 1 atom stereocenters. The van der Waals surface area contributed by atoms with Gasteiger partial charge in [-0.05, 0) is 30.5 Å². The number of carboxylic acid groups (broad SMARTS) is 1. The van der Waals surface area contributed by atoms with Gasteiger partial charge in [0, 0.05) is 16.6 Å². The molecule has 5 nitrogen and oxygen atoms in total. The normalized spacial score (nSPS) is 12.1. The standard InChI is InChI=1S/C21H26BrNO4/c1-13(2)19(21(24)25)23-11-16-17(22)8-9-18(26-4)20(16)27-12-15-7-5-6-14(3)10-15/h5-10,13,19,23H,11-12H2,1-4H3,(H,24,25). The number of ether oxygens (including phenoxy) is 2. The summed E-state index contributed by atoms with van der Waals surface area (Å²) in [6, 6.07) is 11.2. The molecule has 0 aliphatic carbocycles. The van der Waals surface area contributed by atoms with Crippen molar-refractivity contribution in [3.63, 3.8) is 0 Å². The summed E-state index contributed by atoms with van der Waals surface area (Å²) in [4.78, 5) is 11.5. The number of nitrogens with one attached hydrogen (secondary N) is 1. The molecule has 0 saturated heterocycles. The minimum atomic E-state index is -0.869. The van der Waals surface area contributed by atoms with E-state index < -0.39 is 12.0 Å². The Hall–Kier alpha value is -2.05. The van der Waals surface area contributed by atoms with Gasteiger partial charge in [0.25, 0.3) is 0 Å². The van der Waals surface area contributed by atoms with Crippen LogP contribution >= 0.6 is 15.9 Å². The molecular weight excluding hydrogens is 410 g/mol. The van der Waals surface area contributed by atoms with Crippen LogP contribution in [-0.4, -0.2) is 24.2 Å². The van der Waals surface area contributed by atoms with Crippen molar-refractivity contribution in [2.75, 3.05) is 7.11 Å². The molecule has 0 bridgehead atoms. The van der Waals surface area contributed by atoms with Gasteiger partial charge < -0.3 is 14.6 Å². The molecule has 0 fully saturated rings. The predicted molar refractivity (Wildman–Crippen MR) is 109 cm³/mol. The molecule has 2 aromatic rings. The number of rotatable bonds is 9. The van der Waals surface area contributed by atoms with Crippen LogP contribution < -0.4 is 14.8 Å². The first-order chi connectivity index (χ1) is 12.8. The van der Waals surface area contributed by atoms with Gasteiger partial charge in [-0.15, -0.1) is 0 Å². The molecule has 0 spiro atoms. The number of benzene rings is 2. The van der Waals surface area contributed by atoms with Gasteiger partial charge in [-0.3, -0.25) is 10.1 Å². The Bertz CT molecular complexity index is 792. The molecule has 6 heteroatoms. The summed E-state index contributed by atoms with van der Waals surface area (Å²) in [5.41, 5.74) is 3.05. The van der Waals surface area contributed by atoms with E-state index in [1.54, 1.807) is 7.11 Å². The number of hydrogen-bond donors (Lipinski definition) is 2. The number of carboxylic acids is 1. The first-order valence-electron chi connectivity index (χ1n) is 8.83. The lowest BCUT2D eigenvalue weighted by Gasteiger charge is -2.21. The zero-order valence-corrected chi connectivity index (χ0v) is 17.7. The van der Waals surface area contributed by atoms with Crippen molar-refractivity contribution in [3.05, 3.63) is 57.6 Å². The average Bonchev–Trinajstić information content (AvgIpc) is 2.61. The van der Waals surface area contributed by atoms with E-state index >= 15 is 0 Å². The van der Waals surface area contributed by atoms with Crippen molar-refractivity contribution in [1.29, 1.82) is 0 Å². The Labute approximate surface area is 168 Å². The molecule has 146 valence electrons. The summed E-state index contributed by atoms with van der Waals surface area (Å²) in [6.45, 7) is 6.53. The predicted octanol–water partition coefficient (Wildman–Crippen LogP) is 4.54. The van der Waals surface area contributed by atoms with E-state index in [4.69, 9.17) is 9.47 Å². The maximum Gasteiger partial charge on any atom is 0.320 e. The SMILES string of the molecule is COc1ccc(Br)c(CNC(C(=O)O)C(C)C)c1OCc1cccc(C)c1. The summed E-state index contributed by atoms with van der Waals surface area (Å²) in [5.74, 6) is 0.308. The van der Waals surface area contributed by atoms with Crippen LogP contribution in [0.1, 0.15) is 30.5 Å². The number of aliphatic carboxylic acids is 1. The average molecular weight is 436 g/mol. The van der Waals surface area contributed by atoms with E-state index in [9.17, 15) is 9.90 Å². The zero-order chi connectivity index (χ0) is 20.0. The third-order valence-electron chi connectivity index (χ3n) is 4.28. The largest absolute Gasteiger partial charge is 0.493 e. The van der Waals surface area contributed by atoms with Crippen molar-refractivity contribution < 1.29 is 19.4 Å². The molecule has 1 unspecified atom stereocenters. The third-order valence-corrected chi connectivity index (χ3v) is 5.03. The highest BCUT2D eigenvalue weighted by molar-refractivity contribution is 9.10. The second kappa shape index (κ2) is 9.76. The number of hydrogen-bond acceptors (Lipinski definition) is 4. The van der Waals surface area contributed by atoms with E-state index in [0.717, 1.165) is 15.6 Å². The topological polar surface area (TPSA) is 67.8 Å². The monoisotopic (exact) mass is 435 g/mol. The van der Waals surface area contributed by atoms with E-state index in [0.29, 0.717) is 24.7 Å². The first kappa shape index (κ1) is 21.3. The van der Waals surface area contributed by atoms with Gasteiger partial charge in [0.15, 0.2) is 11.5 Å². The maximum atomic E-state index is 11.5. The number of carbonyl (C=O) groups is 1. The number of aryl methyl sites for hydroxylation is 1. The molecule has 27 heavy (non-hydrogen) atoms. The molecule has 2 rings (SSSR count). The zero-order valence-electron chi connectivity index (χ0n) is 16.1. The highest BCUT2D eigenvalue weighted by atomic mass is 79.9. The highest BCUT2D eigenvalue weighted by Crippen LogP contribution is 2.37. The molecule has 0 heterocycles. The van der Waals surface area contributed by atoms with Crippen molar-refractivity contribution in [2.45, 2.75) is 40.0 Å². The Kier molecular flexibility index (Phi) is 7.68. The van der Waals surface area contributed by atoms with E-state index in [2.05, 4.69) is 27.3 Å². The van der Waals surface area contributed by atoms with Crippen LogP contribution in [-0.2, 0) is 17.9 Å². The smallest absolute Gasteiger partial charge is 0.320 e. The van der Waals surface area contributed by atoms with Crippen LogP contribution in [0.2, 0.25) is 0 Å². The second-order valence-corrected chi connectivity index (χ2v) is 7.63. The van der Waals surface area contributed by atoms with E-state index in [-0.39, 0.29) is 5.92 Å². The van der Waals surface area contributed by atoms with Gasteiger partial charge in [0.1, 0.15) is 12.6 Å². The molecular formula is C21H26BrNO4. The second-order valence-electron chi connectivity index (χ2n) is 6.78. The summed E-state index contributed by atoms with van der Waals surface area (Å²) < 4.78 is 12.4. The highest BCUT2D eigenvalue weighted by Gasteiger charge is 2.23. The van der Waals surface area contributed by atoms with Crippen molar-refractivity contribution in [1.82, 2.24) is 5.32 Å². The van der Waals surface area contributed by atoms with Gasteiger partial charge in [0.2, 0.25) is 0 Å². The van der Waals surface area contributed by atoms with Crippen LogP contribution in [0, 0.1) is 12.8 Å². The lowest BCUT2D eigenvalue weighted by Crippen LogP contribution is -2.40. The lowest BCUT2D eigenvalue weighted by atomic mass is 10.0. The Balaban J connectivity index is 2.26. The lowest BCUT2D eigenvalue weighted by molar-refractivity contribution is -0.140. The molecule has 0 amide bonds. The Morgan fingerprint density at radius 1 is 1.26 bits per heavy atom. The van der Waals surface area contributed by atoms with Crippen LogP contribution in [0.15, 0.2) is 40.9 Å². The van der Waals surface area contributed by atoms with Crippen LogP contribution in [0.25, 0.3) is 0 Å². The van der Waals surface area contributed by atoms with Gasteiger partial charge in [-0.1, -0.05) is 59.6 Å². The molecule has 0 saturated carbocycles. The number of halogens is 1. The van der Waals surface area contributed by atoms with Gasteiger partial charge in [-0.2, -0.15) is 0 Å². The first-order valence-corrected chi connectivity index (χ1v) is 9.62. The van der Waals surface area contributed by atoms with Gasteiger partial charge >= 0.3 is 5.97 Å². The summed E-state index contributed by atoms with van der Waals surface area (Å²) >= 11 is 3.55.